The van der Waals surface area contributed by atoms with E-state index in [0.29, 0.717) is 6.61 Å². The highest BCUT2D eigenvalue weighted by molar-refractivity contribution is 5.30. The summed E-state index contributed by atoms with van der Waals surface area (Å²) in [5.41, 5.74) is 8.82. The minimum absolute atomic E-state index is 0.000805. The first kappa shape index (κ1) is 14.5. The van der Waals surface area contributed by atoms with Crippen LogP contribution in [0.5, 0.6) is 0 Å². The van der Waals surface area contributed by atoms with Crippen molar-refractivity contribution in [1.29, 1.82) is 0 Å². The first-order valence-electron chi connectivity index (χ1n) is 7.10. The second kappa shape index (κ2) is 6.51. The molecule has 1 aliphatic rings. The second-order valence-electron chi connectivity index (χ2n) is 5.52. The third kappa shape index (κ3) is 3.35. The summed E-state index contributed by atoms with van der Waals surface area (Å²) < 4.78 is 10.6. The van der Waals surface area contributed by atoms with Crippen molar-refractivity contribution >= 4 is 0 Å². The Bertz CT molecular complexity index is 382. The highest BCUT2D eigenvalue weighted by Crippen LogP contribution is 2.35. The van der Waals surface area contributed by atoms with E-state index in [9.17, 15) is 0 Å². The largest absolute Gasteiger partial charge is 0.382 e. The molecule has 1 atom stereocenters. The second-order valence-corrected chi connectivity index (χ2v) is 5.52. The zero-order valence-corrected chi connectivity index (χ0v) is 12.0. The maximum absolute atomic E-state index is 6.54. The summed E-state index contributed by atoms with van der Waals surface area (Å²) in [6.07, 6.45) is 5.98. The van der Waals surface area contributed by atoms with Crippen molar-refractivity contribution in [3.63, 3.8) is 0 Å². The summed E-state index contributed by atoms with van der Waals surface area (Å²) in [5.74, 6) is 0. The monoisotopic (exact) mass is 263 g/mol. The quantitative estimate of drug-likeness (QED) is 0.887. The van der Waals surface area contributed by atoms with Crippen LogP contribution in [-0.2, 0) is 15.0 Å². The summed E-state index contributed by atoms with van der Waals surface area (Å²) in [6.45, 7) is 0.573. The van der Waals surface area contributed by atoms with Gasteiger partial charge in [0.25, 0.3) is 0 Å². The van der Waals surface area contributed by atoms with Gasteiger partial charge in [-0.3, -0.25) is 0 Å². The predicted octanol–water partition coefficient (Wildman–Crippen LogP) is 3.14. The van der Waals surface area contributed by atoms with Gasteiger partial charge in [-0.1, -0.05) is 43.5 Å². The Labute approximate surface area is 116 Å². The van der Waals surface area contributed by atoms with Crippen LogP contribution in [-0.4, -0.2) is 20.8 Å². The van der Waals surface area contributed by atoms with E-state index in [0.717, 1.165) is 18.4 Å². The van der Waals surface area contributed by atoms with Crippen LogP contribution >= 0.6 is 0 Å². The summed E-state index contributed by atoms with van der Waals surface area (Å²) in [4.78, 5) is 0. The van der Waals surface area contributed by atoms with Gasteiger partial charge in [-0.25, -0.2) is 0 Å². The maximum atomic E-state index is 6.54. The zero-order valence-electron chi connectivity index (χ0n) is 12.0. The molecule has 1 aliphatic carbocycles. The highest BCUT2D eigenvalue weighted by atomic mass is 16.5. The maximum Gasteiger partial charge on any atom is 0.105 e. The molecular formula is C16H25NO2. The standard InChI is InChI=1S/C16H25NO2/c1-18-12-15(19-2)13-6-8-14(9-7-13)16(17)10-4-3-5-11-16/h6-9,15H,3-5,10-12,17H2,1-2H3. The van der Waals surface area contributed by atoms with Crippen molar-refractivity contribution in [2.75, 3.05) is 20.8 Å². The highest BCUT2D eigenvalue weighted by Gasteiger charge is 2.29. The molecule has 0 heterocycles. The first-order chi connectivity index (χ1) is 9.19. The normalized spacial score (nSPS) is 20.2. The van der Waals surface area contributed by atoms with Crippen molar-refractivity contribution in [2.24, 2.45) is 5.73 Å². The number of methoxy groups -OCH3 is 2. The molecule has 0 bridgehead atoms. The molecule has 1 unspecified atom stereocenters. The first-order valence-corrected chi connectivity index (χ1v) is 7.10. The molecule has 0 radical (unpaired) electrons. The Balaban J connectivity index is 2.13. The number of rotatable bonds is 5. The summed E-state index contributed by atoms with van der Waals surface area (Å²) in [7, 11) is 3.40. The average molecular weight is 263 g/mol. The Hall–Kier alpha value is -0.900. The van der Waals surface area contributed by atoms with Crippen molar-refractivity contribution < 1.29 is 9.47 Å². The molecule has 0 saturated heterocycles. The SMILES string of the molecule is COCC(OC)c1ccc(C2(N)CCCCC2)cc1. The van der Waals surface area contributed by atoms with Gasteiger partial charge < -0.3 is 15.2 Å². The van der Waals surface area contributed by atoms with Crippen LogP contribution in [0.1, 0.15) is 49.3 Å². The lowest BCUT2D eigenvalue weighted by atomic mass is 9.77. The molecule has 1 fully saturated rings. The van der Waals surface area contributed by atoms with Crippen molar-refractivity contribution in [3.8, 4) is 0 Å². The molecule has 0 spiro atoms. The Morgan fingerprint density at radius 3 is 2.26 bits per heavy atom. The van der Waals surface area contributed by atoms with Crippen LogP contribution in [0.3, 0.4) is 0 Å². The lowest BCUT2D eigenvalue weighted by Gasteiger charge is -2.34. The van der Waals surface area contributed by atoms with Crippen LogP contribution in [0.2, 0.25) is 0 Å². The van der Waals surface area contributed by atoms with E-state index in [2.05, 4.69) is 24.3 Å². The molecule has 1 saturated carbocycles. The minimum Gasteiger partial charge on any atom is -0.382 e. The van der Waals surface area contributed by atoms with Gasteiger partial charge in [0, 0.05) is 19.8 Å². The molecule has 0 aromatic heterocycles. The fourth-order valence-electron chi connectivity index (χ4n) is 2.95. The van der Waals surface area contributed by atoms with Gasteiger partial charge in [-0.2, -0.15) is 0 Å². The fraction of sp³-hybridized carbons (Fsp3) is 0.625. The lowest BCUT2D eigenvalue weighted by Crippen LogP contribution is -2.38. The summed E-state index contributed by atoms with van der Waals surface area (Å²) in [5, 5.41) is 0. The molecular weight excluding hydrogens is 238 g/mol. The summed E-state index contributed by atoms with van der Waals surface area (Å²) >= 11 is 0. The van der Waals surface area contributed by atoms with Crippen molar-refractivity contribution in [2.45, 2.75) is 43.7 Å². The minimum atomic E-state index is -0.124. The third-order valence-corrected chi connectivity index (χ3v) is 4.21. The summed E-state index contributed by atoms with van der Waals surface area (Å²) in [6, 6.07) is 8.54. The van der Waals surface area contributed by atoms with Gasteiger partial charge in [-0.15, -0.1) is 0 Å². The topological polar surface area (TPSA) is 44.5 Å². The molecule has 0 amide bonds. The number of hydrogen-bond donors (Lipinski definition) is 1. The Morgan fingerprint density at radius 1 is 1.11 bits per heavy atom. The van der Waals surface area contributed by atoms with E-state index < -0.39 is 0 Å². The fourth-order valence-corrected chi connectivity index (χ4v) is 2.95. The van der Waals surface area contributed by atoms with Crippen LogP contribution in [0.25, 0.3) is 0 Å². The van der Waals surface area contributed by atoms with E-state index in [1.54, 1.807) is 14.2 Å². The number of hydrogen-bond acceptors (Lipinski definition) is 3. The lowest BCUT2D eigenvalue weighted by molar-refractivity contribution is 0.0274. The zero-order chi connectivity index (χ0) is 13.7. The van der Waals surface area contributed by atoms with Crippen LogP contribution in [0, 0.1) is 0 Å². The molecule has 3 nitrogen and oxygen atoms in total. The molecule has 3 heteroatoms. The molecule has 0 aliphatic heterocycles. The number of ether oxygens (including phenoxy) is 2. The van der Waals surface area contributed by atoms with Crippen molar-refractivity contribution in [3.05, 3.63) is 35.4 Å². The van der Waals surface area contributed by atoms with Crippen molar-refractivity contribution in [1.82, 2.24) is 0 Å². The van der Waals surface area contributed by atoms with Gasteiger partial charge in [0.1, 0.15) is 6.10 Å². The van der Waals surface area contributed by atoms with Gasteiger partial charge in [0.15, 0.2) is 0 Å². The molecule has 19 heavy (non-hydrogen) atoms. The Morgan fingerprint density at radius 2 is 1.74 bits per heavy atom. The van der Waals surface area contributed by atoms with Crippen LogP contribution in [0.4, 0.5) is 0 Å². The molecule has 1 aromatic carbocycles. The molecule has 2 rings (SSSR count). The molecule has 106 valence electrons. The van der Waals surface area contributed by atoms with E-state index in [4.69, 9.17) is 15.2 Å². The average Bonchev–Trinajstić information content (AvgIpc) is 2.46. The smallest absolute Gasteiger partial charge is 0.105 e. The third-order valence-electron chi connectivity index (χ3n) is 4.21. The Kier molecular flexibility index (Phi) is 4.97. The molecule has 2 N–H and O–H groups in total. The van der Waals surface area contributed by atoms with E-state index in [-0.39, 0.29) is 11.6 Å². The number of benzene rings is 1. The predicted molar refractivity (Wildman–Crippen MR) is 77.0 cm³/mol. The van der Waals surface area contributed by atoms with E-state index in [1.165, 1.54) is 24.8 Å². The van der Waals surface area contributed by atoms with E-state index >= 15 is 0 Å². The van der Waals surface area contributed by atoms with E-state index in [1.807, 2.05) is 0 Å². The van der Waals surface area contributed by atoms with Crippen LogP contribution < -0.4 is 5.73 Å². The van der Waals surface area contributed by atoms with Crippen LogP contribution in [0.15, 0.2) is 24.3 Å². The molecule has 1 aromatic rings. The van der Waals surface area contributed by atoms with Gasteiger partial charge in [0.2, 0.25) is 0 Å². The van der Waals surface area contributed by atoms with Gasteiger partial charge >= 0.3 is 0 Å². The van der Waals surface area contributed by atoms with Gasteiger partial charge in [-0.05, 0) is 24.0 Å². The number of nitrogens with two attached hydrogens (primary N) is 1. The van der Waals surface area contributed by atoms with Gasteiger partial charge in [0.05, 0.1) is 6.61 Å².